The van der Waals surface area contributed by atoms with E-state index in [1.807, 2.05) is 0 Å². The van der Waals surface area contributed by atoms with Crippen LogP contribution in [0.3, 0.4) is 0 Å². The van der Waals surface area contributed by atoms with Crippen molar-refractivity contribution in [2.75, 3.05) is 19.8 Å². The Morgan fingerprint density at radius 1 is 1.00 bits per heavy atom. The van der Waals surface area contributed by atoms with Crippen LogP contribution in [0.1, 0.15) is 27.9 Å². The molecule has 13 heteroatoms. The molecular formula is C22H19F7N2O4. The van der Waals surface area contributed by atoms with Gasteiger partial charge in [0.15, 0.2) is 0 Å². The number of aliphatic hydroxyl groups excluding tert-OH is 1. The Kier molecular flexibility index (Phi) is 9.23. The molecule has 0 saturated heterocycles. The molecule has 0 aliphatic carbocycles. The van der Waals surface area contributed by atoms with Gasteiger partial charge in [-0.3, -0.25) is 9.59 Å². The molecule has 0 heterocycles. The lowest BCUT2D eigenvalue weighted by Gasteiger charge is -2.12. The summed E-state index contributed by atoms with van der Waals surface area (Å²) in [6, 6.07) is 6.77. The van der Waals surface area contributed by atoms with E-state index in [0.717, 1.165) is 12.1 Å². The van der Waals surface area contributed by atoms with E-state index < -0.39 is 60.9 Å². The van der Waals surface area contributed by atoms with Gasteiger partial charge in [-0.15, -0.1) is 0 Å². The number of halogens is 7. The highest BCUT2D eigenvalue weighted by Crippen LogP contribution is 2.31. The maximum Gasteiger partial charge on any atom is 0.419 e. The first-order valence-electron chi connectivity index (χ1n) is 9.88. The van der Waals surface area contributed by atoms with E-state index in [9.17, 15) is 40.3 Å². The van der Waals surface area contributed by atoms with E-state index in [2.05, 4.69) is 10.6 Å². The average Bonchev–Trinajstić information content (AvgIpc) is 2.75. The number of nitrogens with one attached hydrogen (secondary N) is 2. The number of hydrogen-bond acceptors (Lipinski definition) is 4. The van der Waals surface area contributed by atoms with Gasteiger partial charge < -0.3 is 20.5 Å². The van der Waals surface area contributed by atoms with Crippen molar-refractivity contribution >= 4 is 17.9 Å². The second-order valence-corrected chi connectivity index (χ2v) is 6.97. The van der Waals surface area contributed by atoms with Crippen molar-refractivity contribution in [3.63, 3.8) is 0 Å². The number of benzene rings is 2. The maximum absolute atomic E-state index is 13.9. The second kappa shape index (κ2) is 11.7. The molecule has 6 nitrogen and oxygen atoms in total. The fraction of sp³-hybridized carbons (Fsp3) is 0.273. The van der Waals surface area contributed by atoms with E-state index in [1.165, 1.54) is 24.3 Å². The van der Waals surface area contributed by atoms with Gasteiger partial charge in [-0.05, 0) is 48.0 Å². The van der Waals surface area contributed by atoms with Gasteiger partial charge in [0.2, 0.25) is 0 Å². The number of hydrogen-bond donors (Lipinski definition) is 3. The van der Waals surface area contributed by atoms with Crippen LogP contribution in [0.5, 0.6) is 5.75 Å². The fourth-order valence-electron chi connectivity index (χ4n) is 2.62. The van der Waals surface area contributed by atoms with Crippen molar-refractivity contribution in [3.05, 3.63) is 70.7 Å². The van der Waals surface area contributed by atoms with Gasteiger partial charge in [0.05, 0.1) is 25.2 Å². The van der Waals surface area contributed by atoms with Crippen molar-refractivity contribution in [3.8, 4) is 5.75 Å². The van der Waals surface area contributed by atoms with Crippen molar-refractivity contribution in [1.29, 1.82) is 0 Å². The van der Waals surface area contributed by atoms with E-state index in [-0.39, 0.29) is 23.4 Å². The summed E-state index contributed by atoms with van der Waals surface area (Å²) < 4.78 is 93.7. The smallest absolute Gasteiger partial charge is 0.419 e. The second-order valence-electron chi connectivity index (χ2n) is 6.97. The zero-order valence-corrected chi connectivity index (χ0v) is 17.8. The normalized spacial score (nSPS) is 12.3. The third kappa shape index (κ3) is 8.92. The number of carbonyl (C=O) groups excluding carboxylic acids is 2. The van der Waals surface area contributed by atoms with Gasteiger partial charge in [-0.1, -0.05) is 6.07 Å². The minimum atomic E-state index is -4.93. The molecule has 35 heavy (non-hydrogen) atoms. The van der Waals surface area contributed by atoms with Crippen LogP contribution in [0, 0.1) is 5.82 Å². The zero-order valence-electron chi connectivity index (χ0n) is 17.8. The lowest BCUT2D eigenvalue weighted by Crippen LogP contribution is -2.36. The Hall–Kier alpha value is -3.61. The number of rotatable bonds is 9. The van der Waals surface area contributed by atoms with E-state index in [4.69, 9.17) is 9.84 Å². The molecule has 2 rings (SSSR count). The largest absolute Gasteiger partial charge is 0.493 e. The molecule has 2 amide bonds. The SMILES string of the molecule is O=C(NCCO)/C(=C/c1ccc(C(F)(F)F)c(F)c1)NC(=O)c1ccc(OCCC(F)(F)F)cc1. The number of amides is 2. The molecular weight excluding hydrogens is 489 g/mol. The summed E-state index contributed by atoms with van der Waals surface area (Å²) in [6.45, 7) is -1.29. The molecule has 0 spiro atoms. The summed E-state index contributed by atoms with van der Waals surface area (Å²) >= 11 is 0. The van der Waals surface area contributed by atoms with Crippen LogP contribution >= 0.6 is 0 Å². The molecule has 0 unspecified atom stereocenters. The third-order valence-corrected chi connectivity index (χ3v) is 4.27. The Morgan fingerprint density at radius 3 is 2.20 bits per heavy atom. The zero-order chi connectivity index (χ0) is 26.2. The maximum atomic E-state index is 13.9. The van der Waals surface area contributed by atoms with Gasteiger partial charge in [-0.25, -0.2) is 4.39 Å². The molecule has 0 aliphatic rings. The van der Waals surface area contributed by atoms with Crippen molar-refractivity contribution < 1.29 is 50.2 Å². The monoisotopic (exact) mass is 508 g/mol. The molecule has 2 aromatic rings. The van der Waals surface area contributed by atoms with Crippen LogP contribution in [0.2, 0.25) is 0 Å². The minimum Gasteiger partial charge on any atom is -0.493 e. The van der Waals surface area contributed by atoms with Crippen LogP contribution in [0.15, 0.2) is 48.2 Å². The number of alkyl halides is 6. The first kappa shape index (κ1) is 27.6. The average molecular weight is 508 g/mol. The van der Waals surface area contributed by atoms with Crippen molar-refractivity contribution in [2.24, 2.45) is 0 Å². The van der Waals surface area contributed by atoms with Gasteiger partial charge in [0.1, 0.15) is 17.3 Å². The molecule has 0 saturated carbocycles. The molecule has 0 aromatic heterocycles. The van der Waals surface area contributed by atoms with Gasteiger partial charge in [0, 0.05) is 12.1 Å². The predicted molar refractivity (Wildman–Crippen MR) is 110 cm³/mol. The Balaban J connectivity index is 2.20. The summed E-state index contributed by atoms with van der Waals surface area (Å²) in [4.78, 5) is 24.9. The molecule has 0 aliphatic heterocycles. The summed E-state index contributed by atoms with van der Waals surface area (Å²) in [5.74, 6) is -3.30. The Labute approximate surface area is 194 Å². The van der Waals surface area contributed by atoms with E-state index in [1.54, 1.807) is 0 Å². The standard InChI is InChI=1S/C22H19F7N2O4/c23-17-11-13(1-6-16(17)22(27,28)29)12-18(20(34)30-8-9-32)31-19(33)14-2-4-15(5-3-14)35-10-7-21(24,25)26/h1-6,11-12,32H,7-10H2,(H,30,34)(H,31,33)/b18-12-. The number of aliphatic hydroxyl groups is 1. The van der Waals surface area contributed by atoms with Crippen LogP contribution in [0.25, 0.3) is 6.08 Å². The summed E-state index contributed by atoms with van der Waals surface area (Å²) in [7, 11) is 0. The quantitative estimate of drug-likeness (QED) is 0.352. The number of carbonyl (C=O) groups is 2. The molecule has 190 valence electrons. The highest BCUT2D eigenvalue weighted by molar-refractivity contribution is 6.05. The molecule has 2 aromatic carbocycles. The predicted octanol–water partition coefficient (Wildman–Crippen LogP) is 4.06. The molecule has 0 radical (unpaired) electrons. The van der Waals surface area contributed by atoms with Crippen molar-refractivity contribution in [2.45, 2.75) is 18.8 Å². The highest BCUT2D eigenvalue weighted by Gasteiger charge is 2.34. The fourth-order valence-corrected chi connectivity index (χ4v) is 2.62. The van der Waals surface area contributed by atoms with Crippen LogP contribution < -0.4 is 15.4 Å². The first-order valence-corrected chi connectivity index (χ1v) is 9.88. The van der Waals surface area contributed by atoms with E-state index in [0.29, 0.717) is 12.1 Å². The van der Waals surface area contributed by atoms with Crippen LogP contribution in [-0.4, -0.2) is 42.9 Å². The van der Waals surface area contributed by atoms with Crippen LogP contribution in [0.4, 0.5) is 30.7 Å². The Bertz CT molecular complexity index is 1060. The van der Waals surface area contributed by atoms with E-state index >= 15 is 0 Å². The Morgan fingerprint density at radius 2 is 1.66 bits per heavy atom. The molecule has 0 bridgehead atoms. The summed E-state index contributed by atoms with van der Waals surface area (Å²) in [5, 5.41) is 13.3. The third-order valence-electron chi connectivity index (χ3n) is 4.27. The topological polar surface area (TPSA) is 87.7 Å². The van der Waals surface area contributed by atoms with Gasteiger partial charge in [0.25, 0.3) is 11.8 Å². The minimum absolute atomic E-state index is 0.0346. The van der Waals surface area contributed by atoms with Crippen LogP contribution in [-0.2, 0) is 11.0 Å². The first-order chi connectivity index (χ1) is 16.3. The summed E-state index contributed by atoms with van der Waals surface area (Å²) in [6.07, 6.45) is -9.56. The lowest BCUT2D eigenvalue weighted by molar-refractivity contribution is -0.140. The summed E-state index contributed by atoms with van der Waals surface area (Å²) in [5.41, 5.74) is -2.18. The van der Waals surface area contributed by atoms with Crippen molar-refractivity contribution in [1.82, 2.24) is 10.6 Å². The highest BCUT2D eigenvalue weighted by atomic mass is 19.4. The molecule has 3 N–H and O–H groups in total. The van der Waals surface area contributed by atoms with Gasteiger partial charge in [-0.2, -0.15) is 26.3 Å². The van der Waals surface area contributed by atoms with Gasteiger partial charge >= 0.3 is 12.4 Å². The molecule has 0 fully saturated rings. The number of ether oxygens (including phenoxy) is 1. The molecule has 0 atom stereocenters. The lowest BCUT2D eigenvalue weighted by atomic mass is 10.1.